The van der Waals surface area contributed by atoms with Gasteiger partial charge in [0.05, 0.1) is 11.5 Å². The standard InChI is InChI=1S/C15H31NO2S/c1-4-9-16-11-14(7-5-6-13(2)3)15-8-10-19(17,18)12-15/h13-16H,4-12H2,1-3H3. The molecule has 19 heavy (non-hydrogen) atoms. The van der Waals surface area contributed by atoms with E-state index in [2.05, 4.69) is 26.1 Å². The van der Waals surface area contributed by atoms with Crippen LogP contribution in [-0.2, 0) is 9.84 Å². The Morgan fingerprint density at radius 1 is 1.26 bits per heavy atom. The lowest BCUT2D eigenvalue weighted by molar-refractivity contribution is 0.310. The van der Waals surface area contributed by atoms with Crippen molar-refractivity contribution in [3.8, 4) is 0 Å². The van der Waals surface area contributed by atoms with Crippen LogP contribution >= 0.6 is 0 Å². The van der Waals surface area contributed by atoms with Crippen LogP contribution in [0.25, 0.3) is 0 Å². The van der Waals surface area contributed by atoms with E-state index in [4.69, 9.17) is 0 Å². The fourth-order valence-electron chi connectivity index (χ4n) is 2.95. The van der Waals surface area contributed by atoms with Crippen molar-refractivity contribution in [3.63, 3.8) is 0 Å². The summed E-state index contributed by atoms with van der Waals surface area (Å²) in [5.74, 6) is 2.51. The van der Waals surface area contributed by atoms with E-state index in [9.17, 15) is 8.42 Å². The lowest BCUT2D eigenvalue weighted by atomic mass is 9.86. The molecule has 0 amide bonds. The zero-order valence-corrected chi connectivity index (χ0v) is 13.6. The molecule has 114 valence electrons. The summed E-state index contributed by atoms with van der Waals surface area (Å²) in [6.45, 7) is 8.71. The Morgan fingerprint density at radius 3 is 2.53 bits per heavy atom. The maximum absolute atomic E-state index is 11.6. The van der Waals surface area contributed by atoms with Gasteiger partial charge < -0.3 is 5.32 Å². The van der Waals surface area contributed by atoms with Crippen molar-refractivity contribution in [3.05, 3.63) is 0 Å². The van der Waals surface area contributed by atoms with Crippen LogP contribution in [0.4, 0.5) is 0 Å². The van der Waals surface area contributed by atoms with E-state index in [1.165, 1.54) is 19.3 Å². The lowest BCUT2D eigenvalue weighted by Gasteiger charge is -2.23. The molecule has 0 spiro atoms. The molecule has 1 rings (SSSR count). The van der Waals surface area contributed by atoms with Crippen molar-refractivity contribution < 1.29 is 8.42 Å². The smallest absolute Gasteiger partial charge is 0.150 e. The first-order chi connectivity index (χ1) is 8.94. The third kappa shape index (κ3) is 6.75. The van der Waals surface area contributed by atoms with Crippen LogP contribution in [0.5, 0.6) is 0 Å². The normalized spacial score (nSPS) is 23.9. The minimum Gasteiger partial charge on any atom is -0.316 e. The van der Waals surface area contributed by atoms with E-state index in [1.54, 1.807) is 0 Å². The molecule has 1 heterocycles. The molecule has 0 aliphatic carbocycles. The van der Waals surface area contributed by atoms with Crippen LogP contribution in [0.3, 0.4) is 0 Å². The minimum atomic E-state index is -2.74. The fraction of sp³-hybridized carbons (Fsp3) is 1.00. The molecule has 2 atom stereocenters. The Kier molecular flexibility index (Phi) is 7.37. The molecule has 1 aliphatic rings. The maximum Gasteiger partial charge on any atom is 0.150 e. The summed E-state index contributed by atoms with van der Waals surface area (Å²) in [5.41, 5.74) is 0. The van der Waals surface area contributed by atoms with Crippen LogP contribution in [0.15, 0.2) is 0 Å². The lowest BCUT2D eigenvalue weighted by Crippen LogP contribution is -2.29. The van der Waals surface area contributed by atoms with E-state index in [1.807, 2.05) is 0 Å². The van der Waals surface area contributed by atoms with Crippen LogP contribution in [0.2, 0.25) is 0 Å². The Morgan fingerprint density at radius 2 is 2.00 bits per heavy atom. The number of hydrogen-bond donors (Lipinski definition) is 1. The zero-order chi connectivity index (χ0) is 14.3. The number of sulfone groups is 1. The van der Waals surface area contributed by atoms with Crippen LogP contribution < -0.4 is 5.32 Å². The molecule has 1 saturated heterocycles. The average Bonchev–Trinajstić information content (AvgIpc) is 2.67. The predicted molar refractivity (Wildman–Crippen MR) is 82.1 cm³/mol. The molecular weight excluding hydrogens is 258 g/mol. The highest BCUT2D eigenvalue weighted by Crippen LogP contribution is 2.29. The molecule has 1 aliphatic heterocycles. The van der Waals surface area contributed by atoms with Gasteiger partial charge in [-0.05, 0) is 50.1 Å². The van der Waals surface area contributed by atoms with E-state index in [-0.39, 0.29) is 0 Å². The van der Waals surface area contributed by atoms with Crippen molar-refractivity contribution in [1.82, 2.24) is 5.32 Å². The van der Waals surface area contributed by atoms with Gasteiger partial charge in [-0.3, -0.25) is 0 Å². The second-order valence-corrected chi connectivity index (χ2v) is 8.68. The Labute approximate surface area is 119 Å². The summed E-state index contributed by atoms with van der Waals surface area (Å²) in [6.07, 6.45) is 5.68. The molecule has 0 aromatic heterocycles. The molecular formula is C15H31NO2S. The summed E-state index contributed by atoms with van der Waals surface area (Å²) < 4.78 is 23.3. The van der Waals surface area contributed by atoms with Gasteiger partial charge in [-0.2, -0.15) is 0 Å². The number of rotatable bonds is 9. The quantitative estimate of drug-likeness (QED) is 0.664. The van der Waals surface area contributed by atoms with Crippen molar-refractivity contribution in [2.24, 2.45) is 17.8 Å². The molecule has 4 heteroatoms. The monoisotopic (exact) mass is 289 g/mol. The third-order valence-corrected chi connectivity index (χ3v) is 5.92. The van der Waals surface area contributed by atoms with Gasteiger partial charge in [0.2, 0.25) is 0 Å². The highest BCUT2D eigenvalue weighted by molar-refractivity contribution is 7.91. The molecule has 0 aromatic carbocycles. The first kappa shape index (κ1) is 17.0. The summed E-state index contributed by atoms with van der Waals surface area (Å²) in [7, 11) is -2.74. The molecule has 0 aromatic rings. The molecule has 0 bridgehead atoms. The van der Waals surface area contributed by atoms with Crippen molar-refractivity contribution in [2.45, 2.75) is 52.9 Å². The van der Waals surface area contributed by atoms with Gasteiger partial charge in [-0.25, -0.2) is 8.42 Å². The number of hydrogen-bond acceptors (Lipinski definition) is 3. The van der Waals surface area contributed by atoms with E-state index in [0.29, 0.717) is 23.3 Å². The van der Waals surface area contributed by atoms with Gasteiger partial charge >= 0.3 is 0 Å². The van der Waals surface area contributed by atoms with Crippen LogP contribution in [-0.4, -0.2) is 33.0 Å². The van der Waals surface area contributed by atoms with Gasteiger partial charge in [-0.1, -0.05) is 33.6 Å². The average molecular weight is 289 g/mol. The summed E-state index contributed by atoms with van der Waals surface area (Å²) in [5, 5.41) is 3.48. The first-order valence-electron chi connectivity index (χ1n) is 7.85. The van der Waals surface area contributed by atoms with Gasteiger partial charge in [0.25, 0.3) is 0 Å². The van der Waals surface area contributed by atoms with Gasteiger partial charge in [0, 0.05) is 0 Å². The summed E-state index contributed by atoms with van der Waals surface area (Å²) in [6, 6.07) is 0. The first-order valence-corrected chi connectivity index (χ1v) is 9.68. The highest BCUT2D eigenvalue weighted by Gasteiger charge is 2.33. The second-order valence-electron chi connectivity index (χ2n) is 6.45. The topological polar surface area (TPSA) is 46.2 Å². The molecule has 0 radical (unpaired) electrons. The second kappa shape index (κ2) is 8.25. The van der Waals surface area contributed by atoms with Gasteiger partial charge in [-0.15, -0.1) is 0 Å². The molecule has 3 nitrogen and oxygen atoms in total. The van der Waals surface area contributed by atoms with Crippen molar-refractivity contribution >= 4 is 9.84 Å². The number of nitrogens with one attached hydrogen (secondary N) is 1. The van der Waals surface area contributed by atoms with Gasteiger partial charge in [0.1, 0.15) is 0 Å². The van der Waals surface area contributed by atoms with E-state index < -0.39 is 9.84 Å². The third-order valence-electron chi connectivity index (χ3n) is 4.12. The highest BCUT2D eigenvalue weighted by atomic mass is 32.2. The van der Waals surface area contributed by atoms with Gasteiger partial charge in [0.15, 0.2) is 9.84 Å². The fourth-order valence-corrected chi connectivity index (χ4v) is 4.87. The molecule has 1 N–H and O–H groups in total. The van der Waals surface area contributed by atoms with E-state index in [0.717, 1.165) is 31.8 Å². The van der Waals surface area contributed by atoms with Crippen molar-refractivity contribution in [2.75, 3.05) is 24.6 Å². The SMILES string of the molecule is CCCNCC(CCCC(C)C)C1CCS(=O)(=O)C1. The van der Waals surface area contributed by atoms with Crippen LogP contribution in [0.1, 0.15) is 52.9 Å². The Bertz CT molecular complexity index is 338. The largest absolute Gasteiger partial charge is 0.316 e. The molecule has 2 unspecified atom stereocenters. The predicted octanol–water partition coefficient (Wildman–Crippen LogP) is 2.86. The zero-order valence-electron chi connectivity index (χ0n) is 12.8. The summed E-state index contributed by atoms with van der Waals surface area (Å²) >= 11 is 0. The Balaban J connectivity index is 2.44. The molecule has 1 fully saturated rings. The molecule has 0 saturated carbocycles. The summed E-state index contributed by atoms with van der Waals surface area (Å²) in [4.78, 5) is 0. The van der Waals surface area contributed by atoms with Crippen molar-refractivity contribution in [1.29, 1.82) is 0 Å². The maximum atomic E-state index is 11.6. The minimum absolute atomic E-state index is 0.390. The van der Waals surface area contributed by atoms with Crippen LogP contribution in [0, 0.1) is 17.8 Å². The van der Waals surface area contributed by atoms with E-state index >= 15 is 0 Å². The Hall–Kier alpha value is -0.0900.